The van der Waals surface area contributed by atoms with Crippen molar-refractivity contribution in [2.75, 3.05) is 20.7 Å². The number of hydrogen-bond donors (Lipinski definition) is 1. The van der Waals surface area contributed by atoms with Gasteiger partial charge in [0.1, 0.15) is 11.5 Å². The van der Waals surface area contributed by atoms with E-state index in [2.05, 4.69) is 11.9 Å². The third-order valence-electron chi connectivity index (χ3n) is 6.75. The maximum atomic E-state index is 12.6. The van der Waals surface area contributed by atoms with Crippen molar-refractivity contribution in [2.45, 2.75) is 48.8 Å². The number of benzene rings is 1. The molecule has 1 N–H and O–H groups in total. The Bertz CT molecular complexity index is 732. The minimum Gasteiger partial charge on any atom is -0.496 e. The van der Waals surface area contributed by atoms with Gasteiger partial charge in [0.15, 0.2) is 11.9 Å². The Morgan fingerprint density at radius 1 is 1.39 bits per heavy atom. The summed E-state index contributed by atoms with van der Waals surface area (Å²) in [5.41, 5.74) is 0.658. The second-order valence-corrected chi connectivity index (χ2v) is 7.43. The summed E-state index contributed by atoms with van der Waals surface area (Å²) in [5.74, 6) is 1.73. The molecule has 122 valence electrons. The van der Waals surface area contributed by atoms with E-state index in [1.807, 2.05) is 12.1 Å². The van der Waals surface area contributed by atoms with Crippen molar-refractivity contribution >= 4 is 5.78 Å². The van der Waals surface area contributed by atoms with Gasteiger partial charge >= 0.3 is 0 Å². The number of methoxy groups -OCH3 is 1. The number of nitrogens with zero attached hydrogens (tertiary/aromatic N) is 1. The lowest BCUT2D eigenvalue weighted by Gasteiger charge is -2.62. The Morgan fingerprint density at radius 2 is 2.22 bits per heavy atom. The molecule has 3 unspecified atom stereocenters. The van der Waals surface area contributed by atoms with E-state index in [9.17, 15) is 9.90 Å². The van der Waals surface area contributed by atoms with Gasteiger partial charge in [0.05, 0.1) is 18.1 Å². The summed E-state index contributed by atoms with van der Waals surface area (Å²) >= 11 is 0. The van der Waals surface area contributed by atoms with Crippen molar-refractivity contribution in [2.24, 2.45) is 0 Å². The fraction of sp³-hybridized carbons (Fsp3) is 0.611. The van der Waals surface area contributed by atoms with E-state index in [1.54, 1.807) is 7.11 Å². The number of carbonyl (C=O) groups is 1. The molecule has 1 saturated carbocycles. The Labute approximate surface area is 135 Å². The first-order valence-electron chi connectivity index (χ1n) is 8.35. The molecule has 2 bridgehead atoms. The van der Waals surface area contributed by atoms with Gasteiger partial charge in [0.25, 0.3) is 0 Å². The van der Waals surface area contributed by atoms with Crippen LogP contribution in [0.2, 0.25) is 0 Å². The number of ketones is 1. The quantitative estimate of drug-likeness (QED) is 0.839. The summed E-state index contributed by atoms with van der Waals surface area (Å²) < 4.78 is 11.7. The van der Waals surface area contributed by atoms with Crippen LogP contribution in [0.1, 0.15) is 30.4 Å². The number of aliphatic hydroxyl groups is 1. The molecule has 2 heterocycles. The molecule has 5 rings (SSSR count). The smallest absolute Gasteiger partial charge is 0.174 e. The predicted octanol–water partition coefficient (Wildman–Crippen LogP) is 1.05. The van der Waals surface area contributed by atoms with Crippen LogP contribution in [0.3, 0.4) is 0 Å². The summed E-state index contributed by atoms with van der Waals surface area (Å²) in [6.07, 6.45) is 1.87. The molecule has 1 saturated heterocycles. The molecular weight excluding hydrogens is 294 g/mol. The van der Waals surface area contributed by atoms with Gasteiger partial charge in [-0.15, -0.1) is 0 Å². The van der Waals surface area contributed by atoms with Crippen molar-refractivity contribution in [3.63, 3.8) is 0 Å². The van der Waals surface area contributed by atoms with Crippen molar-refractivity contribution < 1.29 is 19.4 Å². The molecule has 0 radical (unpaired) electrons. The van der Waals surface area contributed by atoms with Crippen LogP contribution in [0.5, 0.6) is 11.5 Å². The molecule has 2 aliphatic carbocycles. The number of piperidine rings is 1. The second-order valence-electron chi connectivity index (χ2n) is 7.43. The standard InChI is InChI=1S/C18H21NO4/c1-19-8-7-17-15-10-9-14(19)18(17,21)6-5-11(20)16(17)23-13(15)4-3-12(10)22-2/h3-4,14,16,21H,5-9H2,1-2H3/t14?,16?,17-,18?/m0/s1. The van der Waals surface area contributed by atoms with Gasteiger partial charge in [-0.1, -0.05) is 0 Å². The number of ether oxygens (including phenoxy) is 2. The Balaban J connectivity index is 1.86. The average molecular weight is 315 g/mol. The minimum atomic E-state index is -0.900. The molecule has 2 aliphatic heterocycles. The topological polar surface area (TPSA) is 59.0 Å². The van der Waals surface area contributed by atoms with Gasteiger partial charge in [0.2, 0.25) is 0 Å². The first kappa shape index (κ1) is 13.8. The molecular formula is C18H21NO4. The van der Waals surface area contributed by atoms with E-state index in [1.165, 1.54) is 0 Å². The van der Waals surface area contributed by atoms with Crippen molar-refractivity contribution in [3.05, 3.63) is 23.3 Å². The highest BCUT2D eigenvalue weighted by molar-refractivity contribution is 5.89. The maximum absolute atomic E-state index is 12.6. The maximum Gasteiger partial charge on any atom is 0.174 e. The van der Waals surface area contributed by atoms with Gasteiger partial charge in [-0.25, -0.2) is 0 Å². The van der Waals surface area contributed by atoms with Crippen LogP contribution >= 0.6 is 0 Å². The van der Waals surface area contributed by atoms with Gasteiger partial charge in [-0.05, 0) is 45.0 Å². The highest BCUT2D eigenvalue weighted by atomic mass is 16.5. The highest BCUT2D eigenvalue weighted by Crippen LogP contribution is 2.64. The molecule has 1 aromatic carbocycles. The molecule has 1 spiro atoms. The third kappa shape index (κ3) is 1.32. The number of hydrogen-bond acceptors (Lipinski definition) is 5. The van der Waals surface area contributed by atoms with Crippen LogP contribution in [0.15, 0.2) is 12.1 Å². The van der Waals surface area contributed by atoms with Crippen LogP contribution < -0.4 is 9.47 Å². The largest absolute Gasteiger partial charge is 0.496 e. The van der Waals surface area contributed by atoms with E-state index in [0.29, 0.717) is 12.8 Å². The number of carbonyl (C=O) groups excluding carboxylic acids is 1. The van der Waals surface area contributed by atoms with Gasteiger partial charge < -0.3 is 19.5 Å². The molecule has 5 nitrogen and oxygen atoms in total. The number of rotatable bonds is 1. The van der Waals surface area contributed by atoms with Gasteiger partial charge in [0, 0.05) is 23.6 Å². The lowest BCUT2D eigenvalue weighted by Crippen LogP contribution is -2.76. The average Bonchev–Trinajstić information content (AvgIpc) is 2.88. The van der Waals surface area contributed by atoms with Crippen molar-refractivity contribution in [1.29, 1.82) is 0 Å². The number of likely N-dealkylation sites (N-methyl/N-ethyl adjacent to an activating group) is 1. The van der Waals surface area contributed by atoms with E-state index in [-0.39, 0.29) is 11.8 Å². The highest BCUT2D eigenvalue weighted by Gasteiger charge is 2.72. The molecule has 0 aromatic heterocycles. The zero-order valence-electron chi connectivity index (χ0n) is 13.5. The van der Waals surface area contributed by atoms with Crippen molar-refractivity contribution in [1.82, 2.24) is 4.90 Å². The number of Topliss-reactive ketones (excluding diaryl/α,β-unsaturated/α-hetero) is 1. The summed E-state index contributed by atoms with van der Waals surface area (Å²) in [6, 6.07) is 3.83. The van der Waals surface area contributed by atoms with E-state index < -0.39 is 17.1 Å². The van der Waals surface area contributed by atoms with Crippen molar-refractivity contribution in [3.8, 4) is 11.5 Å². The first-order valence-corrected chi connectivity index (χ1v) is 8.35. The second kappa shape index (κ2) is 4.08. The van der Waals surface area contributed by atoms with Crippen LogP contribution in [0.4, 0.5) is 0 Å². The van der Waals surface area contributed by atoms with Crippen LogP contribution in [0, 0.1) is 0 Å². The van der Waals surface area contributed by atoms with Crippen LogP contribution in [0.25, 0.3) is 0 Å². The fourth-order valence-electron chi connectivity index (χ4n) is 5.73. The lowest BCUT2D eigenvalue weighted by molar-refractivity contribution is -0.185. The third-order valence-corrected chi connectivity index (χ3v) is 6.75. The normalized spacial score (nSPS) is 40.6. The summed E-state index contributed by atoms with van der Waals surface area (Å²) in [5, 5.41) is 11.7. The summed E-state index contributed by atoms with van der Waals surface area (Å²) in [6.45, 7) is 0.871. The molecule has 4 atom stereocenters. The lowest BCUT2D eigenvalue weighted by atomic mass is 9.49. The summed E-state index contributed by atoms with van der Waals surface area (Å²) in [7, 11) is 3.74. The first-order chi connectivity index (χ1) is 11.0. The molecule has 1 aromatic rings. The van der Waals surface area contributed by atoms with E-state index >= 15 is 0 Å². The van der Waals surface area contributed by atoms with Crippen LogP contribution in [-0.4, -0.2) is 54.2 Å². The zero-order valence-corrected chi connectivity index (χ0v) is 13.5. The Kier molecular flexibility index (Phi) is 2.45. The summed E-state index contributed by atoms with van der Waals surface area (Å²) in [4.78, 5) is 14.9. The zero-order chi connectivity index (χ0) is 16.0. The SMILES string of the molecule is COc1ccc2c3c1CC1N(C)CC[C@@]34C(O2)C(=O)CCC14O. The number of likely N-dealkylation sites (tertiary alicyclic amines) is 1. The van der Waals surface area contributed by atoms with Gasteiger partial charge in [-0.3, -0.25) is 4.79 Å². The molecule has 23 heavy (non-hydrogen) atoms. The molecule has 4 aliphatic rings. The Morgan fingerprint density at radius 3 is 3.00 bits per heavy atom. The van der Waals surface area contributed by atoms with Crippen LogP contribution in [-0.2, 0) is 16.6 Å². The molecule has 2 fully saturated rings. The molecule has 0 amide bonds. The predicted molar refractivity (Wildman–Crippen MR) is 83.0 cm³/mol. The fourth-order valence-corrected chi connectivity index (χ4v) is 5.73. The Hall–Kier alpha value is -1.59. The molecule has 5 heteroatoms. The van der Waals surface area contributed by atoms with Gasteiger partial charge in [-0.2, -0.15) is 0 Å². The minimum absolute atomic E-state index is 0.00481. The monoisotopic (exact) mass is 315 g/mol. The van der Waals surface area contributed by atoms with E-state index in [4.69, 9.17) is 9.47 Å². The van der Waals surface area contributed by atoms with E-state index in [0.717, 1.165) is 42.0 Å².